The molecule has 3 aromatic rings. The number of alkyl halides is 2. The first-order chi connectivity index (χ1) is 14.4. The summed E-state index contributed by atoms with van der Waals surface area (Å²) in [5, 5.41) is 22.5. The third kappa shape index (κ3) is 6.27. The number of aromatic hydroxyl groups is 1. The second-order valence-electron chi connectivity index (χ2n) is 6.98. The molecule has 0 aliphatic rings. The highest BCUT2D eigenvalue weighted by Crippen LogP contribution is 2.29. The first-order valence-corrected chi connectivity index (χ1v) is 9.68. The van der Waals surface area contributed by atoms with Gasteiger partial charge in [0.2, 0.25) is 0 Å². The maximum Gasteiger partial charge on any atom is 0.306 e. The number of phenols is 1. The lowest BCUT2D eigenvalue weighted by molar-refractivity contribution is -0.0467. The molecule has 157 valence electrons. The summed E-state index contributed by atoms with van der Waals surface area (Å²) in [5.41, 5.74) is 1.53. The van der Waals surface area contributed by atoms with Gasteiger partial charge in [0.25, 0.3) is 0 Å². The van der Waals surface area contributed by atoms with Crippen LogP contribution in [0.1, 0.15) is 22.8 Å². The lowest BCUT2D eigenvalue weighted by Crippen LogP contribution is -2.24. The molecule has 3 aromatic carbocycles. The lowest BCUT2D eigenvalue weighted by Gasteiger charge is -2.18. The molecule has 0 spiro atoms. The Morgan fingerprint density at radius 3 is 2.57 bits per heavy atom. The standard InChI is InChI=1S/C24H24F2NO3/c25-24(26,20-6-2-1-3-7-20)17-30-22-8-4-5-18(15-22)13-14-27-16-23(29)19-9-11-21(28)12-10-19/h1-11,15,23,27-29H,13-14,16-17H2/t23-/m0/s1. The fourth-order valence-corrected chi connectivity index (χ4v) is 2.96. The van der Waals surface area contributed by atoms with Gasteiger partial charge >= 0.3 is 5.92 Å². The maximum absolute atomic E-state index is 14.3. The fraction of sp³-hybridized carbons (Fsp3) is 0.250. The third-order valence-electron chi connectivity index (χ3n) is 4.65. The van der Waals surface area contributed by atoms with Crippen molar-refractivity contribution in [3.63, 3.8) is 0 Å². The average molecular weight is 412 g/mol. The van der Waals surface area contributed by atoms with E-state index in [1.807, 2.05) is 6.07 Å². The van der Waals surface area contributed by atoms with E-state index in [0.717, 1.165) is 5.56 Å². The number of hydrogen-bond acceptors (Lipinski definition) is 4. The molecule has 4 nitrogen and oxygen atoms in total. The molecule has 0 bridgehead atoms. The first-order valence-electron chi connectivity index (χ1n) is 9.68. The Labute approximate surface area is 174 Å². The van der Waals surface area contributed by atoms with E-state index in [1.165, 1.54) is 18.2 Å². The number of nitrogens with one attached hydrogen (secondary N) is 1. The zero-order chi connectivity index (χ0) is 21.4. The lowest BCUT2D eigenvalue weighted by atomic mass is 10.1. The predicted octanol–water partition coefficient (Wildman–Crippen LogP) is 4.23. The fourth-order valence-electron chi connectivity index (χ4n) is 2.96. The van der Waals surface area contributed by atoms with Gasteiger partial charge in [-0.15, -0.1) is 0 Å². The van der Waals surface area contributed by atoms with Gasteiger partial charge < -0.3 is 20.3 Å². The summed E-state index contributed by atoms with van der Waals surface area (Å²) in [6.45, 7) is 0.217. The molecule has 0 aromatic heterocycles. The summed E-state index contributed by atoms with van der Waals surface area (Å²) in [6, 6.07) is 22.0. The smallest absolute Gasteiger partial charge is 0.306 e. The van der Waals surface area contributed by atoms with Gasteiger partial charge in [-0.1, -0.05) is 48.5 Å². The highest BCUT2D eigenvalue weighted by atomic mass is 19.3. The van der Waals surface area contributed by atoms with Crippen molar-refractivity contribution in [2.24, 2.45) is 0 Å². The zero-order valence-electron chi connectivity index (χ0n) is 16.4. The minimum Gasteiger partial charge on any atom is -0.507 e. The number of aliphatic hydroxyl groups excluding tert-OH is 1. The summed E-state index contributed by atoms with van der Waals surface area (Å²) >= 11 is 0. The van der Waals surface area contributed by atoms with E-state index in [1.54, 1.807) is 48.5 Å². The van der Waals surface area contributed by atoms with E-state index in [9.17, 15) is 19.0 Å². The third-order valence-corrected chi connectivity index (χ3v) is 4.65. The van der Waals surface area contributed by atoms with E-state index in [4.69, 9.17) is 4.74 Å². The molecule has 1 radical (unpaired) electrons. The van der Waals surface area contributed by atoms with E-state index < -0.39 is 18.6 Å². The molecule has 0 fully saturated rings. The summed E-state index contributed by atoms with van der Waals surface area (Å²) in [7, 11) is 0. The van der Waals surface area contributed by atoms with Crippen LogP contribution in [0.15, 0.2) is 72.8 Å². The molecule has 0 aliphatic carbocycles. The highest BCUT2D eigenvalue weighted by molar-refractivity contribution is 5.29. The second-order valence-corrected chi connectivity index (χ2v) is 6.98. The van der Waals surface area contributed by atoms with Crippen LogP contribution < -0.4 is 10.1 Å². The van der Waals surface area contributed by atoms with Crippen molar-refractivity contribution < 1.29 is 23.7 Å². The van der Waals surface area contributed by atoms with Crippen molar-refractivity contribution in [3.8, 4) is 11.5 Å². The van der Waals surface area contributed by atoms with Gasteiger partial charge in [0.1, 0.15) is 11.5 Å². The largest absolute Gasteiger partial charge is 0.507 e. The minimum atomic E-state index is -3.07. The molecule has 6 heteroatoms. The van der Waals surface area contributed by atoms with Crippen LogP contribution >= 0.6 is 0 Å². The number of benzene rings is 3. The van der Waals surface area contributed by atoms with Crippen molar-refractivity contribution >= 4 is 0 Å². The molecule has 0 saturated carbocycles. The van der Waals surface area contributed by atoms with Crippen LogP contribution in [0.5, 0.6) is 11.5 Å². The quantitative estimate of drug-likeness (QED) is 0.436. The molecule has 0 aliphatic heterocycles. The number of rotatable bonds is 10. The predicted molar refractivity (Wildman–Crippen MR) is 111 cm³/mol. The summed E-state index contributed by atoms with van der Waals surface area (Å²) in [5.74, 6) is -2.65. The molecule has 0 heterocycles. The molecule has 0 amide bonds. The Morgan fingerprint density at radius 2 is 1.83 bits per heavy atom. The van der Waals surface area contributed by atoms with E-state index in [0.29, 0.717) is 30.8 Å². The van der Waals surface area contributed by atoms with Crippen LogP contribution in [0, 0.1) is 6.07 Å². The maximum atomic E-state index is 14.3. The Bertz CT molecular complexity index is 917. The van der Waals surface area contributed by atoms with Gasteiger partial charge in [0, 0.05) is 18.2 Å². The van der Waals surface area contributed by atoms with Crippen molar-refractivity contribution in [1.29, 1.82) is 0 Å². The van der Waals surface area contributed by atoms with Crippen LogP contribution in [0.3, 0.4) is 0 Å². The average Bonchev–Trinajstić information content (AvgIpc) is 2.77. The molecule has 3 N–H and O–H groups in total. The Morgan fingerprint density at radius 1 is 1.03 bits per heavy atom. The van der Waals surface area contributed by atoms with Crippen LogP contribution in [0.2, 0.25) is 0 Å². The van der Waals surface area contributed by atoms with Crippen molar-refractivity contribution in [3.05, 3.63) is 95.6 Å². The van der Waals surface area contributed by atoms with Gasteiger partial charge in [-0.25, -0.2) is 0 Å². The van der Waals surface area contributed by atoms with Crippen LogP contribution in [-0.2, 0) is 12.3 Å². The number of phenolic OH excluding ortho intramolecular Hbond substituents is 1. The van der Waals surface area contributed by atoms with Crippen molar-refractivity contribution in [1.82, 2.24) is 5.32 Å². The minimum absolute atomic E-state index is 0.0301. The number of aliphatic hydroxyl groups is 1. The highest BCUT2D eigenvalue weighted by Gasteiger charge is 2.32. The molecule has 1 atom stereocenters. The molecular weight excluding hydrogens is 388 g/mol. The second kappa shape index (κ2) is 10.2. The van der Waals surface area contributed by atoms with Crippen LogP contribution in [0.4, 0.5) is 8.78 Å². The van der Waals surface area contributed by atoms with E-state index >= 15 is 0 Å². The summed E-state index contributed by atoms with van der Waals surface area (Å²) in [6.07, 6.45) is -0.0579. The Hall–Kier alpha value is -2.96. The van der Waals surface area contributed by atoms with Crippen LogP contribution in [-0.4, -0.2) is 29.9 Å². The molecule has 0 unspecified atom stereocenters. The number of hydrogen-bond donors (Lipinski definition) is 3. The number of ether oxygens (including phenoxy) is 1. The first kappa shape index (κ1) is 21.7. The topological polar surface area (TPSA) is 61.7 Å². The van der Waals surface area contributed by atoms with Gasteiger partial charge in [-0.05, 0) is 48.4 Å². The summed E-state index contributed by atoms with van der Waals surface area (Å²) in [4.78, 5) is 0. The summed E-state index contributed by atoms with van der Waals surface area (Å²) < 4.78 is 33.9. The SMILES string of the molecule is Oc1[c]cc([C@@H](O)CNCCc2cccc(OCC(F)(F)c3ccccc3)c2)cc1. The monoisotopic (exact) mass is 412 g/mol. The molecule has 30 heavy (non-hydrogen) atoms. The van der Waals surface area contributed by atoms with Gasteiger partial charge in [0.05, 0.1) is 6.10 Å². The zero-order valence-corrected chi connectivity index (χ0v) is 16.4. The molecule has 3 rings (SSSR count). The van der Waals surface area contributed by atoms with E-state index in [2.05, 4.69) is 11.4 Å². The van der Waals surface area contributed by atoms with Crippen molar-refractivity contribution in [2.75, 3.05) is 19.7 Å². The molecular formula is C24H24F2NO3. The van der Waals surface area contributed by atoms with Gasteiger partial charge in [0.15, 0.2) is 6.61 Å². The Balaban J connectivity index is 1.45. The van der Waals surface area contributed by atoms with E-state index in [-0.39, 0.29) is 11.3 Å². The van der Waals surface area contributed by atoms with Crippen molar-refractivity contribution in [2.45, 2.75) is 18.4 Å². The normalized spacial score (nSPS) is 12.5. The Kier molecular flexibility index (Phi) is 7.38. The van der Waals surface area contributed by atoms with Crippen LogP contribution in [0.25, 0.3) is 0 Å². The van der Waals surface area contributed by atoms with Gasteiger partial charge in [-0.3, -0.25) is 0 Å². The number of halogens is 2. The molecule has 0 saturated heterocycles. The van der Waals surface area contributed by atoms with Gasteiger partial charge in [-0.2, -0.15) is 8.78 Å².